The number of ketones is 1. The summed E-state index contributed by atoms with van der Waals surface area (Å²) in [6.07, 6.45) is 6.14. The Morgan fingerprint density at radius 2 is 2.06 bits per heavy atom. The fraction of sp³-hybridized carbons (Fsp3) is 0.562. The molecule has 90 valence electrons. The van der Waals surface area contributed by atoms with E-state index >= 15 is 0 Å². The molecule has 0 aromatic heterocycles. The molecule has 2 aliphatic rings. The van der Waals surface area contributed by atoms with Crippen LogP contribution in [0.15, 0.2) is 24.3 Å². The second-order valence-corrected chi connectivity index (χ2v) is 5.60. The summed E-state index contributed by atoms with van der Waals surface area (Å²) in [6, 6.07) is 8.28. The highest BCUT2D eigenvalue weighted by molar-refractivity contribution is 6.00. The monoisotopic (exact) mass is 228 g/mol. The van der Waals surface area contributed by atoms with Crippen LogP contribution in [0.2, 0.25) is 0 Å². The average molecular weight is 228 g/mol. The van der Waals surface area contributed by atoms with Crippen molar-refractivity contribution >= 4 is 5.78 Å². The molecule has 2 unspecified atom stereocenters. The van der Waals surface area contributed by atoms with Crippen LogP contribution in [0.3, 0.4) is 0 Å². The molecule has 0 heterocycles. The highest BCUT2D eigenvalue weighted by Gasteiger charge is 2.56. The molecule has 2 aliphatic carbocycles. The van der Waals surface area contributed by atoms with Gasteiger partial charge in [0.2, 0.25) is 0 Å². The number of Topliss-reactive ketones (excluding diaryl/α,β-unsaturated/α-hetero) is 1. The zero-order valence-electron chi connectivity index (χ0n) is 10.5. The second-order valence-electron chi connectivity index (χ2n) is 5.60. The van der Waals surface area contributed by atoms with Gasteiger partial charge in [0.05, 0.1) is 0 Å². The minimum Gasteiger partial charge on any atom is -0.294 e. The number of carbonyl (C=O) groups is 1. The molecule has 3 rings (SSSR count). The normalized spacial score (nSPS) is 30.1. The zero-order chi connectivity index (χ0) is 11.8. The summed E-state index contributed by atoms with van der Waals surface area (Å²) in [5, 5.41) is 0. The number of carbonyl (C=O) groups excluding carboxylic acids is 1. The van der Waals surface area contributed by atoms with E-state index in [9.17, 15) is 4.79 Å². The maximum Gasteiger partial charge on any atom is 0.166 e. The first kappa shape index (κ1) is 11.0. The van der Waals surface area contributed by atoms with Gasteiger partial charge in [0.1, 0.15) is 0 Å². The fourth-order valence-corrected chi connectivity index (χ4v) is 3.57. The van der Waals surface area contributed by atoms with Gasteiger partial charge in [-0.05, 0) is 42.7 Å². The summed E-state index contributed by atoms with van der Waals surface area (Å²) in [4.78, 5) is 12.4. The first-order chi connectivity index (χ1) is 8.31. The molecule has 0 spiro atoms. The van der Waals surface area contributed by atoms with Crippen LogP contribution in [0, 0.1) is 17.8 Å². The Morgan fingerprint density at radius 3 is 2.76 bits per heavy atom. The van der Waals surface area contributed by atoms with Gasteiger partial charge in [-0.1, -0.05) is 38.0 Å². The number of hydrogen-bond donors (Lipinski definition) is 0. The molecule has 1 heteroatoms. The Bertz CT molecular complexity index is 425. The number of aryl methyl sites for hydroxylation is 1. The quantitative estimate of drug-likeness (QED) is 0.715. The Morgan fingerprint density at radius 1 is 1.29 bits per heavy atom. The molecule has 0 N–H and O–H groups in total. The molecule has 2 atom stereocenters. The van der Waals surface area contributed by atoms with E-state index in [4.69, 9.17) is 0 Å². The summed E-state index contributed by atoms with van der Waals surface area (Å²) in [5.74, 6) is 2.26. The second kappa shape index (κ2) is 4.29. The lowest BCUT2D eigenvalue weighted by molar-refractivity contribution is 0.0951. The minimum atomic E-state index is 0.376. The summed E-state index contributed by atoms with van der Waals surface area (Å²) in [6.45, 7) is 2.18. The molecule has 0 radical (unpaired) electrons. The van der Waals surface area contributed by atoms with Crippen LogP contribution < -0.4 is 0 Å². The lowest BCUT2D eigenvalue weighted by Crippen LogP contribution is -2.06. The smallest absolute Gasteiger partial charge is 0.166 e. The van der Waals surface area contributed by atoms with Crippen LogP contribution in [-0.4, -0.2) is 5.78 Å². The third-order valence-electron chi connectivity index (χ3n) is 4.46. The van der Waals surface area contributed by atoms with Crippen molar-refractivity contribution in [3.8, 4) is 0 Å². The zero-order valence-corrected chi connectivity index (χ0v) is 10.5. The first-order valence-corrected chi connectivity index (χ1v) is 6.94. The van der Waals surface area contributed by atoms with Crippen LogP contribution in [0.25, 0.3) is 0 Å². The van der Waals surface area contributed by atoms with Gasteiger partial charge < -0.3 is 0 Å². The van der Waals surface area contributed by atoms with Crippen molar-refractivity contribution in [1.82, 2.24) is 0 Å². The fourth-order valence-electron chi connectivity index (χ4n) is 3.57. The number of rotatable bonds is 4. The summed E-state index contributed by atoms with van der Waals surface area (Å²) < 4.78 is 0. The van der Waals surface area contributed by atoms with E-state index in [0.717, 1.165) is 30.2 Å². The molecule has 1 nitrogen and oxygen atoms in total. The summed E-state index contributed by atoms with van der Waals surface area (Å²) >= 11 is 0. The number of benzene rings is 1. The third kappa shape index (κ3) is 1.92. The van der Waals surface area contributed by atoms with E-state index in [1.165, 1.54) is 24.8 Å². The van der Waals surface area contributed by atoms with Gasteiger partial charge in [-0.25, -0.2) is 0 Å². The van der Waals surface area contributed by atoms with Crippen LogP contribution >= 0.6 is 0 Å². The van der Waals surface area contributed by atoms with E-state index in [2.05, 4.69) is 19.1 Å². The van der Waals surface area contributed by atoms with E-state index in [1.807, 2.05) is 12.1 Å². The molecular weight excluding hydrogens is 208 g/mol. The molecule has 2 fully saturated rings. The van der Waals surface area contributed by atoms with Gasteiger partial charge in [0.15, 0.2) is 5.78 Å². The van der Waals surface area contributed by atoms with Gasteiger partial charge in [-0.15, -0.1) is 0 Å². The molecule has 2 saturated carbocycles. The van der Waals surface area contributed by atoms with Crippen molar-refractivity contribution in [3.63, 3.8) is 0 Å². The van der Waals surface area contributed by atoms with Crippen LogP contribution in [0.4, 0.5) is 0 Å². The maximum atomic E-state index is 12.4. The van der Waals surface area contributed by atoms with Gasteiger partial charge in [0, 0.05) is 11.5 Å². The molecule has 0 aliphatic heterocycles. The summed E-state index contributed by atoms with van der Waals surface area (Å²) in [7, 11) is 0. The molecular formula is C16H20O. The van der Waals surface area contributed by atoms with Gasteiger partial charge >= 0.3 is 0 Å². The topological polar surface area (TPSA) is 17.1 Å². The Hall–Kier alpha value is -1.11. The molecule has 17 heavy (non-hydrogen) atoms. The van der Waals surface area contributed by atoms with Crippen molar-refractivity contribution in [1.29, 1.82) is 0 Å². The number of fused-ring (bicyclic) bond motifs is 1. The predicted molar refractivity (Wildman–Crippen MR) is 69.1 cm³/mol. The van der Waals surface area contributed by atoms with Crippen LogP contribution in [0.1, 0.15) is 48.5 Å². The van der Waals surface area contributed by atoms with Crippen LogP contribution in [-0.2, 0) is 6.42 Å². The third-order valence-corrected chi connectivity index (χ3v) is 4.46. The van der Waals surface area contributed by atoms with Crippen molar-refractivity contribution in [3.05, 3.63) is 35.4 Å². The maximum absolute atomic E-state index is 12.4. The van der Waals surface area contributed by atoms with E-state index < -0.39 is 0 Å². The van der Waals surface area contributed by atoms with E-state index in [-0.39, 0.29) is 0 Å². The Balaban J connectivity index is 1.75. The van der Waals surface area contributed by atoms with Crippen molar-refractivity contribution in [2.45, 2.75) is 39.0 Å². The number of hydrogen-bond acceptors (Lipinski definition) is 1. The molecule has 0 saturated heterocycles. The average Bonchev–Trinajstić information content (AvgIpc) is 2.82. The molecule has 1 aromatic carbocycles. The lowest BCUT2D eigenvalue weighted by Gasteiger charge is -2.05. The minimum absolute atomic E-state index is 0.376. The Kier molecular flexibility index (Phi) is 2.78. The van der Waals surface area contributed by atoms with Crippen molar-refractivity contribution < 1.29 is 4.79 Å². The molecule has 0 amide bonds. The highest BCUT2D eigenvalue weighted by Crippen LogP contribution is 2.58. The van der Waals surface area contributed by atoms with Gasteiger partial charge in [-0.2, -0.15) is 0 Å². The molecule has 1 aromatic rings. The standard InChI is InChI=1S/C16H20O/c1-2-5-11-6-3-7-12(10-11)16(17)15-13-8-4-9-14(13)15/h3,6-7,10,13-15H,2,4-5,8-9H2,1H3. The summed E-state index contributed by atoms with van der Waals surface area (Å²) in [5.41, 5.74) is 2.26. The predicted octanol–water partition coefficient (Wildman–Crippen LogP) is 3.87. The highest BCUT2D eigenvalue weighted by atomic mass is 16.1. The SMILES string of the molecule is CCCc1cccc(C(=O)C2C3CCCC32)c1. The lowest BCUT2D eigenvalue weighted by atomic mass is 9.98. The first-order valence-electron chi connectivity index (χ1n) is 6.94. The Labute approximate surface area is 103 Å². The van der Waals surface area contributed by atoms with E-state index in [1.54, 1.807) is 0 Å². The van der Waals surface area contributed by atoms with Gasteiger partial charge in [-0.3, -0.25) is 4.79 Å². The van der Waals surface area contributed by atoms with Crippen molar-refractivity contribution in [2.75, 3.05) is 0 Å². The van der Waals surface area contributed by atoms with E-state index in [0.29, 0.717) is 11.7 Å². The van der Waals surface area contributed by atoms with Crippen LogP contribution in [0.5, 0.6) is 0 Å². The van der Waals surface area contributed by atoms with Gasteiger partial charge in [0.25, 0.3) is 0 Å². The molecule has 0 bridgehead atoms. The largest absolute Gasteiger partial charge is 0.294 e. The van der Waals surface area contributed by atoms with Crippen molar-refractivity contribution in [2.24, 2.45) is 17.8 Å².